The SMILES string of the molecule is Cc1noc(C)c1C(=O)Nc1ccc(-c2nc3ccccc3o2)cc1. The number of aryl methyl sites for hydroxylation is 2. The second-order valence-corrected chi connectivity index (χ2v) is 5.72. The summed E-state index contributed by atoms with van der Waals surface area (Å²) >= 11 is 0. The first kappa shape index (κ1) is 15.1. The zero-order valence-electron chi connectivity index (χ0n) is 13.7. The molecule has 0 radical (unpaired) electrons. The fourth-order valence-electron chi connectivity index (χ4n) is 2.69. The van der Waals surface area contributed by atoms with Gasteiger partial charge < -0.3 is 14.3 Å². The topological polar surface area (TPSA) is 81.2 Å². The van der Waals surface area contributed by atoms with Crippen LogP contribution in [-0.2, 0) is 0 Å². The van der Waals surface area contributed by atoms with Crippen LogP contribution < -0.4 is 5.32 Å². The minimum Gasteiger partial charge on any atom is -0.436 e. The average Bonchev–Trinajstić information content (AvgIpc) is 3.18. The molecule has 0 saturated heterocycles. The predicted octanol–water partition coefficient (Wildman–Crippen LogP) is 4.35. The number of amides is 1. The molecule has 2 aromatic carbocycles. The van der Waals surface area contributed by atoms with Gasteiger partial charge in [-0.3, -0.25) is 4.79 Å². The smallest absolute Gasteiger partial charge is 0.261 e. The summed E-state index contributed by atoms with van der Waals surface area (Å²) in [5.74, 6) is 0.800. The average molecular weight is 333 g/mol. The molecule has 4 rings (SSSR count). The molecule has 0 aliphatic carbocycles. The number of fused-ring (bicyclic) bond motifs is 1. The van der Waals surface area contributed by atoms with Crippen LogP contribution in [0.15, 0.2) is 57.5 Å². The van der Waals surface area contributed by atoms with Crippen LogP contribution in [0.25, 0.3) is 22.6 Å². The Labute approximate surface area is 143 Å². The van der Waals surface area contributed by atoms with Crippen molar-refractivity contribution in [1.29, 1.82) is 0 Å². The number of benzene rings is 2. The molecule has 25 heavy (non-hydrogen) atoms. The lowest BCUT2D eigenvalue weighted by atomic mass is 10.1. The van der Waals surface area contributed by atoms with E-state index in [-0.39, 0.29) is 5.91 Å². The molecule has 0 fully saturated rings. The van der Waals surface area contributed by atoms with Gasteiger partial charge in [-0.2, -0.15) is 0 Å². The summed E-state index contributed by atoms with van der Waals surface area (Å²) in [6.07, 6.45) is 0. The highest BCUT2D eigenvalue weighted by atomic mass is 16.5. The molecule has 4 aromatic rings. The lowest BCUT2D eigenvalue weighted by molar-refractivity contribution is 0.102. The number of nitrogens with one attached hydrogen (secondary N) is 1. The minimum absolute atomic E-state index is 0.245. The summed E-state index contributed by atoms with van der Waals surface area (Å²) in [6.45, 7) is 3.45. The number of hydrogen-bond acceptors (Lipinski definition) is 5. The number of aromatic nitrogens is 2. The summed E-state index contributed by atoms with van der Waals surface area (Å²) < 4.78 is 10.8. The maximum Gasteiger partial charge on any atom is 0.261 e. The zero-order chi connectivity index (χ0) is 17.4. The quantitative estimate of drug-likeness (QED) is 0.603. The van der Waals surface area contributed by atoms with Crippen molar-refractivity contribution in [3.05, 3.63) is 65.5 Å². The molecule has 0 atom stereocenters. The second-order valence-electron chi connectivity index (χ2n) is 5.72. The molecule has 1 amide bonds. The molecule has 6 heteroatoms. The van der Waals surface area contributed by atoms with Crippen LogP contribution in [0, 0.1) is 13.8 Å². The van der Waals surface area contributed by atoms with Gasteiger partial charge in [0, 0.05) is 11.3 Å². The summed E-state index contributed by atoms with van der Waals surface area (Å²) in [6, 6.07) is 14.9. The Morgan fingerprint density at radius 3 is 2.48 bits per heavy atom. The molecule has 0 aliphatic heterocycles. The van der Waals surface area contributed by atoms with Gasteiger partial charge in [-0.25, -0.2) is 4.98 Å². The van der Waals surface area contributed by atoms with Gasteiger partial charge in [0.2, 0.25) is 5.89 Å². The normalized spacial score (nSPS) is 11.0. The molecule has 0 bridgehead atoms. The maximum atomic E-state index is 12.3. The van der Waals surface area contributed by atoms with Gasteiger partial charge in [-0.15, -0.1) is 0 Å². The van der Waals surface area contributed by atoms with Crippen molar-refractivity contribution in [3.8, 4) is 11.5 Å². The lowest BCUT2D eigenvalue weighted by Gasteiger charge is -2.05. The third kappa shape index (κ3) is 2.78. The molecule has 124 valence electrons. The van der Waals surface area contributed by atoms with Gasteiger partial charge in [0.1, 0.15) is 16.8 Å². The van der Waals surface area contributed by atoms with Gasteiger partial charge >= 0.3 is 0 Å². The first-order chi connectivity index (χ1) is 12.1. The van der Waals surface area contributed by atoms with Crippen LogP contribution >= 0.6 is 0 Å². The molecule has 0 aliphatic rings. The van der Waals surface area contributed by atoms with E-state index in [2.05, 4.69) is 15.5 Å². The van der Waals surface area contributed by atoms with Gasteiger partial charge in [0.15, 0.2) is 5.58 Å². The van der Waals surface area contributed by atoms with Crippen molar-refractivity contribution >= 4 is 22.7 Å². The number of para-hydroxylation sites is 2. The van der Waals surface area contributed by atoms with E-state index < -0.39 is 0 Å². The first-order valence-electron chi connectivity index (χ1n) is 7.82. The molecule has 1 N–H and O–H groups in total. The standard InChI is InChI=1S/C19H15N3O3/c1-11-17(12(2)25-22-11)18(23)20-14-9-7-13(8-10-14)19-21-15-5-3-4-6-16(15)24-19/h3-10H,1-2H3,(H,20,23). The second kappa shape index (κ2) is 5.90. The predicted molar refractivity (Wildman–Crippen MR) is 93.4 cm³/mol. The van der Waals surface area contributed by atoms with E-state index in [1.54, 1.807) is 26.0 Å². The van der Waals surface area contributed by atoms with E-state index in [0.29, 0.717) is 28.6 Å². The van der Waals surface area contributed by atoms with Crippen molar-refractivity contribution in [1.82, 2.24) is 10.1 Å². The number of hydrogen-bond donors (Lipinski definition) is 1. The molecule has 2 heterocycles. The maximum absolute atomic E-state index is 12.3. The fourth-order valence-corrected chi connectivity index (χ4v) is 2.69. The van der Waals surface area contributed by atoms with E-state index >= 15 is 0 Å². The number of carbonyl (C=O) groups excluding carboxylic acids is 1. The molecule has 6 nitrogen and oxygen atoms in total. The van der Waals surface area contributed by atoms with Crippen molar-refractivity contribution in [2.45, 2.75) is 13.8 Å². The van der Waals surface area contributed by atoms with Crippen LogP contribution in [-0.4, -0.2) is 16.0 Å². The van der Waals surface area contributed by atoms with E-state index in [4.69, 9.17) is 8.94 Å². The Morgan fingerprint density at radius 2 is 1.80 bits per heavy atom. The number of anilines is 1. The molecular formula is C19H15N3O3. The Bertz CT molecular complexity index is 1010. The molecule has 0 unspecified atom stereocenters. The highest BCUT2D eigenvalue weighted by Gasteiger charge is 2.17. The van der Waals surface area contributed by atoms with Gasteiger partial charge in [-0.05, 0) is 50.2 Å². The lowest BCUT2D eigenvalue weighted by Crippen LogP contribution is -2.13. The van der Waals surface area contributed by atoms with Crippen LogP contribution in [0.2, 0.25) is 0 Å². The zero-order valence-corrected chi connectivity index (χ0v) is 13.7. The van der Waals surface area contributed by atoms with Crippen molar-refractivity contribution in [2.75, 3.05) is 5.32 Å². The van der Waals surface area contributed by atoms with E-state index in [9.17, 15) is 4.79 Å². The molecule has 0 saturated carbocycles. The minimum atomic E-state index is -0.245. The largest absolute Gasteiger partial charge is 0.436 e. The number of rotatable bonds is 3. The molecular weight excluding hydrogens is 318 g/mol. The van der Waals surface area contributed by atoms with Crippen molar-refractivity contribution < 1.29 is 13.7 Å². The highest BCUT2D eigenvalue weighted by Crippen LogP contribution is 2.25. The Hall–Kier alpha value is -3.41. The summed E-state index contributed by atoms with van der Waals surface area (Å²) in [5, 5.41) is 6.64. The van der Waals surface area contributed by atoms with E-state index in [0.717, 1.165) is 16.7 Å². The monoisotopic (exact) mass is 333 g/mol. The number of carbonyl (C=O) groups is 1. The van der Waals surface area contributed by atoms with Crippen LogP contribution in [0.3, 0.4) is 0 Å². The van der Waals surface area contributed by atoms with Gasteiger partial charge in [0.25, 0.3) is 5.91 Å². The third-order valence-corrected chi connectivity index (χ3v) is 3.94. The van der Waals surface area contributed by atoms with Gasteiger partial charge in [0.05, 0.1) is 5.69 Å². The van der Waals surface area contributed by atoms with E-state index in [1.165, 1.54) is 0 Å². The Morgan fingerprint density at radius 1 is 1.04 bits per heavy atom. The van der Waals surface area contributed by atoms with Crippen molar-refractivity contribution in [2.24, 2.45) is 0 Å². The summed E-state index contributed by atoms with van der Waals surface area (Å²) in [4.78, 5) is 16.8. The van der Waals surface area contributed by atoms with Crippen LogP contribution in [0.1, 0.15) is 21.8 Å². The third-order valence-electron chi connectivity index (χ3n) is 3.94. The number of nitrogens with zero attached hydrogens (tertiary/aromatic N) is 2. The molecule has 0 spiro atoms. The van der Waals surface area contributed by atoms with Crippen molar-refractivity contribution in [3.63, 3.8) is 0 Å². The van der Waals surface area contributed by atoms with Gasteiger partial charge in [-0.1, -0.05) is 17.3 Å². The van der Waals surface area contributed by atoms with Crippen LogP contribution in [0.4, 0.5) is 5.69 Å². The summed E-state index contributed by atoms with van der Waals surface area (Å²) in [7, 11) is 0. The summed E-state index contributed by atoms with van der Waals surface area (Å²) in [5.41, 5.74) is 4.10. The number of oxazole rings is 1. The Kier molecular flexibility index (Phi) is 3.57. The highest BCUT2D eigenvalue weighted by molar-refractivity contribution is 6.05. The van der Waals surface area contributed by atoms with Crippen LogP contribution in [0.5, 0.6) is 0 Å². The fraction of sp³-hybridized carbons (Fsp3) is 0.105. The molecule has 2 aromatic heterocycles. The Balaban J connectivity index is 1.57. The first-order valence-corrected chi connectivity index (χ1v) is 7.82. The van der Waals surface area contributed by atoms with E-state index in [1.807, 2.05) is 36.4 Å².